The highest BCUT2D eigenvalue weighted by molar-refractivity contribution is 5.86. The number of fused-ring (bicyclic) bond motifs is 1. The van der Waals surface area contributed by atoms with Crippen LogP contribution in [0.15, 0.2) is 60.8 Å². The van der Waals surface area contributed by atoms with E-state index in [1.54, 1.807) is 0 Å². The van der Waals surface area contributed by atoms with Crippen molar-refractivity contribution in [3.05, 3.63) is 94.7 Å². The van der Waals surface area contributed by atoms with Crippen molar-refractivity contribution in [2.45, 2.75) is 33.2 Å². The summed E-state index contributed by atoms with van der Waals surface area (Å²) in [6.45, 7) is 6.34. The lowest BCUT2D eigenvalue weighted by molar-refractivity contribution is 0.624. The van der Waals surface area contributed by atoms with Gasteiger partial charge in [-0.3, -0.25) is 4.98 Å². The highest BCUT2D eigenvalue weighted by Gasteiger charge is 2.23. The van der Waals surface area contributed by atoms with Crippen LogP contribution in [0.2, 0.25) is 0 Å². The molecule has 156 valence electrons. The van der Waals surface area contributed by atoms with Crippen LogP contribution >= 0.6 is 12.4 Å². The number of halogens is 2. The van der Waals surface area contributed by atoms with Gasteiger partial charge >= 0.3 is 0 Å². The van der Waals surface area contributed by atoms with E-state index < -0.39 is 0 Å². The maximum absolute atomic E-state index is 13.5. The molecule has 0 aliphatic heterocycles. The first-order valence-electron chi connectivity index (χ1n) is 9.92. The summed E-state index contributed by atoms with van der Waals surface area (Å²) in [5.74, 6) is -0.228. The smallest absolute Gasteiger partial charge is 0.123 e. The fourth-order valence-electron chi connectivity index (χ4n) is 3.99. The second-order valence-corrected chi connectivity index (χ2v) is 7.79. The number of aryl methyl sites for hydroxylation is 3. The molecule has 0 saturated heterocycles. The lowest BCUT2D eigenvalue weighted by Gasteiger charge is -2.30. The molecule has 5 heteroatoms. The van der Waals surface area contributed by atoms with Crippen LogP contribution in [-0.2, 0) is 6.42 Å². The van der Waals surface area contributed by atoms with Crippen molar-refractivity contribution in [1.82, 2.24) is 9.97 Å². The van der Waals surface area contributed by atoms with Gasteiger partial charge in [0.1, 0.15) is 5.82 Å². The molecule has 4 aromatic rings. The quantitative estimate of drug-likeness (QED) is 0.399. The predicted molar refractivity (Wildman–Crippen MR) is 125 cm³/mol. The summed E-state index contributed by atoms with van der Waals surface area (Å²) in [4.78, 5) is 10.5. The number of anilines is 1. The minimum Gasteiger partial charge on any atom is -0.366 e. The summed E-state index contributed by atoms with van der Waals surface area (Å²) in [6.07, 6.45) is 2.69. The number of aromatic amines is 1. The first-order chi connectivity index (χ1) is 13.9. The van der Waals surface area contributed by atoms with Crippen molar-refractivity contribution in [3.63, 3.8) is 0 Å². The molecule has 0 aliphatic rings. The van der Waals surface area contributed by atoms with E-state index in [-0.39, 0.29) is 24.3 Å². The van der Waals surface area contributed by atoms with E-state index in [0.29, 0.717) is 0 Å². The molecule has 0 bridgehead atoms. The van der Waals surface area contributed by atoms with Crippen LogP contribution in [0.3, 0.4) is 0 Å². The van der Waals surface area contributed by atoms with Gasteiger partial charge in [-0.15, -0.1) is 12.4 Å². The molecule has 1 atom stereocenters. The third-order valence-electron chi connectivity index (χ3n) is 5.79. The molecular weight excluding hydrogens is 397 g/mol. The Labute approximate surface area is 183 Å². The number of nitrogens with zero attached hydrogens (tertiary/aromatic N) is 2. The van der Waals surface area contributed by atoms with Gasteiger partial charge in [0.05, 0.1) is 17.3 Å². The van der Waals surface area contributed by atoms with Crippen molar-refractivity contribution < 1.29 is 4.39 Å². The molecule has 3 nitrogen and oxygen atoms in total. The van der Waals surface area contributed by atoms with E-state index in [1.165, 1.54) is 34.2 Å². The summed E-state index contributed by atoms with van der Waals surface area (Å²) >= 11 is 0. The molecule has 30 heavy (non-hydrogen) atoms. The Morgan fingerprint density at radius 1 is 1.03 bits per heavy atom. The number of H-pyrrole nitrogens is 1. The molecule has 2 aromatic heterocycles. The molecule has 1 unspecified atom stereocenters. The number of likely N-dealkylation sites (N-methyl/N-ethyl adjacent to an activating group) is 1. The molecule has 0 saturated carbocycles. The third-order valence-corrected chi connectivity index (χ3v) is 5.79. The molecule has 0 spiro atoms. The van der Waals surface area contributed by atoms with Crippen LogP contribution in [-0.4, -0.2) is 17.0 Å². The number of rotatable bonds is 5. The second-order valence-electron chi connectivity index (χ2n) is 7.79. The predicted octanol–water partition coefficient (Wildman–Crippen LogP) is 6.47. The lowest BCUT2D eigenvalue weighted by Crippen LogP contribution is -2.27. The van der Waals surface area contributed by atoms with Crippen molar-refractivity contribution in [2.75, 3.05) is 11.9 Å². The maximum Gasteiger partial charge on any atom is 0.123 e. The van der Waals surface area contributed by atoms with E-state index in [1.807, 2.05) is 18.3 Å². The second kappa shape index (κ2) is 8.88. The van der Waals surface area contributed by atoms with Gasteiger partial charge < -0.3 is 9.88 Å². The van der Waals surface area contributed by atoms with Gasteiger partial charge in [-0.2, -0.15) is 0 Å². The van der Waals surface area contributed by atoms with Crippen LogP contribution in [0.1, 0.15) is 34.1 Å². The third kappa shape index (κ3) is 4.19. The molecule has 0 radical (unpaired) electrons. The van der Waals surface area contributed by atoms with Gasteiger partial charge in [-0.05, 0) is 68.7 Å². The van der Waals surface area contributed by atoms with Crippen LogP contribution < -0.4 is 4.90 Å². The first kappa shape index (κ1) is 21.8. The van der Waals surface area contributed by atoms with Crippen LogP contribution in [0, 0.1) is 26.6 Å². The Hall–Kier alpha value is -2.85. The van der Waals surface area contributed by atoms with Crippen LogP contribution in [0.5, 0.6) is 0 Å². The Morgan fingerprint density at radius 2 is 1.77 bits per heavy atom. The normalized spacial score (nSPS) is 11.9. The summed E-state index contributed by atoms with van der Waals surface area (Å²) in [6, 6.07) is 17.3. The molecule has 4 rings (SSSR count). The molecule has 0 fully saturated rings. The average Bonchev–Trinajstić information content (AvgIpc) is 3.01. The fourth-order valence-corrected chi connectivity index (χ4v) is 3.99. The largest absolute Gasteiger partial charge is 0.366 e. The Kier molecular flexibility index (Phi) is 6.47. The summed E-state index contributed by atoms with van der Waals surface area (Å²) in [5, 5.41) is 1.20. The molecule has 2 heterocycles. The van der Waals surface area contributed by atoms with Gasteiger partial charge in [0, 0.05) is 30.0 Å². The molecule has 2 aromatic carbocycles. The standard InChI is InChI=1S/C25H26FN3.ClH/c1-16-6-5-7-19(14-16)15-23(29(4)21-10-8-20(26)9-11-21)25-24-22(12-13-27-25)17(2)18(3)28-24;/h5-14,23,28H,15H2,1-4H3;1H. The monoisotopic (exact) mass is 423 g/mol. The minimum atomic E-state index is -0.228. The first-order valence-corrected chi connectivity index (χ1v) is 9.92. The van der Waals surface area contributed by atoms with Gasteiger partial charge in [0.2, 0.25) is 0 Å². The summed E-state index contributed by atoms with van der Waals surface area (Å²) < 4.78 is 13.5. The molecule has 1 N–H and O–H groups in total. The van der Waals surface area contributed by atoms with Gasteiger partial charge in [-0.1, -0.05) is 29.8 Å². The van der Waals surface area contributed by atoms with Gasteiger partial charge in [0.25, 0.3) is 0 Å². The van der Waals surface area contributed by atoms with Crippen LogP contribution in [0.4, 0.5) is 10.1 Å². The van der Waals surface area contributed by atoms with Gasteiger partial charge in [0.15, 0.2) is 0 Å². The van der Waals surface area contributed by atoms with Crippen LogP contribution in [0.25, 0.3) is 10.9 Å². The number of hydrogen-bond acceptors (Lipinski definition) is 2. The summed E-state index contributed by atoms with van der Waals surface area (Å²) in [7, 11) is 2.05. The molecular formula is C25H27ClFN3. The summed E-state index contributed by atoms with van der Waals surface area (Å²) in [5.41, 5.74) is 7.95. The zero-order valence-electron chi connectivity index (χ0n) is 17.7. The maximum atomic E-state index is 13.5. The highest BCUT2D eigenvalue weighted by Crippen LogP contribution is 2.33. The van der Waals surface area contributed by atoms with Crippen molar-refractivity contribution in [3.8, 4) is 0 Å². The number of pyridine rings is 1. The van der Waals surface area contributed by atoms with E-state index in [9.17, 15) is 4.39 Å². The van der Waals surface area contributed by atoms with E-state index >= 15 is 0 Å². The Balaban J connectivity index is 0.00000256. The van der Waals surface area contributed by atoms with E-state index in [0.717, 1.165) is 29.0 Å². The van der Waals surface area contributed by atoms with Crippen molar-refractivity contribution in [1.29, 1.82) is 0 Å². The Morgan fingerprint density at radius 3 is 2.47 bits per heavy atom. The lowest BCUT2D eigenvalue weighted by atomic mass is 9.98. The number of benzene rings is 2. The minimum absolute atomic E-state index is 0. The zero-order chi connectivity index (χ0) is 20.5. The zero-order valence-corrected chi connectivity index (χ0v) is 18.6. The highest BCUT2D eigenvalue weighted by atomic mass is 35.5. The number of aromatic nitrogens is 2. The van der Waals surface area contributed by atoms with E-state index in [4.69, 9.17) is 4.98 Å². The Bertz CT molecular complexity index is 1150. The molecule has 0 aliphatic carbocycles. The molecule has 0 amide bonds. The SMILES string of the molecule is Cc1cccc(CC(c2nccc3c(C)c(C)[nH]c23)N(C)c2ccc(F)cc2)c1.Cl. The van der Waals surface area contributed by atoms with E-state index in [2.05, 4.69) is 68.0 Å². The average molecular weight is 424 g/mol. The van der Waals surface area contributed by atoms with Crippen molar-refractivity contribution >= 4 is 29.0 Å². The topological polar surface area (TPSA) is 31.9 Å². The number of nitrogens with one attached hydrogen (secondary N) is 1. The fraction of sp³-hybridized carbons (Fsp3) is 0.240. The van der Waals surface area contributed by atoms with Crippen molar-refractivity contribution in [2.24, 2.45) is 0 Å². The van der Waals surface area contributed by atoms with Gasteiger partial charge in [-0.25, -0.2) is 4.39 Å². The number of hydrogen-bond donors (Lipinski definition) is 1.